The fraction of sp³-hybridized carbons (Fsp3) is 0.900. The predicted octanol–water partition coefficient (Wildman–Crippen LogP) is -0.749. The number of hydrogen-bond acceptors (Lipinski definition) is 2. The molecule has 1 aliphatic rings. The van der Waals surface area contributed by atoms with Gasteiger partial charge in [0, 0.05) is 13.0 Å². The second-order valence-corrected chi connectivity index (χ2v) is 4.03. The topological polar surface area (TPSA) is 41.7 Å². The van der Waals surface area contributed by atoms with Crippen LogP contribution in [0.1, 0.15) is 26.7 Å². The van der Waals surface area contributed by atoms with E-state index in [1.807, 2.05) is 6.92 Å². The molecule has 1 heterocycles. The molecule has 0 spiro atoms. The van der Waals surface area contributed by atoms with Crippen LogP contribution in [0, 0.1) is 5.92 Å². The van der Waals surface area contributed by atoms with Crippen molar-refractivity contribution in [3.05, 3.63) is 0 Å². The molecule has 2 N–H and O–H groups in total. The normalized spacial score (nSPS) is 35.0. The van der Waals surface area contributed by atoms with Crippen molar-refractivity contribution in [3.8, 4) is 0 Å². The maximum absolute atomic E-state index is 11.4. The molecule has 13 heavy (non-hydrogen) atoms. The molecule has 76 valence electrons. The number of nitrogens with one attached hydrogen (secondary N) is 1. The van der Waals surface area contributed by atoms with Gasteiger partial charge in [0.15, 0.2) is 0 Å². The molecule has 1 unspecified atom stereocenters. The molecule has 0 aromatic carbocycles. The summed E-state index contributed by atoms with van der Waals surface area (Å²) in [4.78, 5) is 12.8. The van der Waals surface area contributed by atoms with Gasteiger partial charge < -0.3 is 10.0 Å². The average molecular weight is 186 g/mol. The van der Waals surface area contributed by atoms with Crippen LogP contribution in [0.25, 0.3) is 0 Å². The third-order valence-corrected chi connectivity index (χ3v) is 3.25. The molecule has 0 saturated carbocycles. The zero-order chi connectivity index (χ0) is 9.84. The lowest BCUT2D eigenvalue weighted by Crippen LogP contribution is -3.17. The third-order valence-electron chi connectivity index (χ3n) is 3.25. The minimum atomic E-state index is 0.197. The van der Waals surface area contributed by atoms with Crippen LogP contribution >= 0.6 is 0 Å². The third kappa shape index (κ3) is 2.51. The number of likely N-dealkylation sites (tertiary alicyclic amines) is 1. The molecule has 1 fully saturated rings. The Morgan fingerprint density at radius 3 is 2.85 bits per heavy atom. The molecule has 3 nitrogen and oxygen atoms in total. The first-order valence-corrected chi connectivity index (χ1v) is 5.15. The molecular formula is C10H20NO2+. The van der Waals surface area contributed by atoms with E-state index in [2.05, 4.69) is 6.92 Å². The predicted molar refractivity (Wildman–Crippen MR) is 50.6 cm³/mol. The quantitative estimate of drug-likeness (QED) is 0.609. The Kier molecular flexibility index (Phi) is 3.88. The Labute approximate surface area is 79.7 Å². The number of ketones is 1. The van der Waals surface area contributed by atoms with Crippen molar-refractivity contribution in [2.45, 2.75) is 32.7 Å². The van der Waals surface area contributed by atoms with Gasteiger partial charge in [-0.25, -0.2) is 0 Å². The van der Waals surface area contributed by atoms with E-state index in [9.17, 15) is 4.79 Å². The molecule has 0 radical (unpaired) electrons. The number of aliphatic hydroxyl groups excluding tert-OH is 1. The summed E-state index contributed by atoms with van der Waals surface area (Å²) < 4.78 is 0. The summed E-state index contributed by atoms with van der Waals surface area (Å²) in [7, 11) is 0. The maximum Gasteiger partial charge on any atom is 0.147 e. The summed E-state index contributed by atoms with van der Waals surface area (Å²) in [5, 5.41) is 8.72. The van der Waals surface area contributed by atoms with Crippen LogP contribution in [0.3, 0.4) is 0 Å². The summed E-state index contributed by atoms with van der Waals surface area (Å²) in [5.41, 5.74) is 0. The molecule has 0 aromatic heterocycles. The van der Waals surface area contributed by atoms with Crippen molar-refractivity contribution in [1.29, 1.82) is 0 Å². The highest BCUT2D eigenvalue weighted by Crippen LogP contribution is 2.07. The minimum absolute atomic E-state index is 0.197. The van der Waals surface area contributed by atoms with Gasteiger partial charge in [0.2, 0.25) is 0 Å². The highest BCUT2D eigenvalue weighted by Gasteiger charge is 2.33. The monoisotopic (exact) mass is 186 g/mol. The number of carbonyl (C=O) groups excluding carboxylic acids is 1. The molecule has 0 amide bonds. The summed E-state index contributed by atoms with van der Waals surface area (Å²) >= 11 is 0. The number of piperidine rings is 1. The van der Waals surface area contributed by atoms with Crippen LogP contribution < -0.4 is 4.90 Å². The van der Waals surface area contributed by atoms with E-state index in [1.165, 1.54) is 4.90 Å². The van der Waals surface area contributed by atoms with E-state index in [-0.39, 0.29) is 12.5 Å². The molecular weight excluding hydrogens is 166 g/mol. The van der Waals surface area contributed by atoms with Gasteiger partial charge in [-0.1, -0.05) is 0 Å². The van der Waals surface area contributed by atoms with Crippen molar-refractivity contribution >= 4 is 5.78 Å². The fourth-order valence-electron chi connectivity index (χ4n) is 2.03. The van der Waals surface area contributed by atoms with E-state index >= 15 is 0 Å². The lowest BCUT2D eigenvalue weighted by Gasteiger charge is -2.33. The van der Waals surface area contributed by atoms with Crippen LogP contribution in [-0.2, 0) is 4.79 Å². The van der Waals surface area contributed by atoms with Crippen LogP contribution in [-0.4, -0.2) is 36.6 Å². The van der Waals surface area contributed by atoms with Crippen molar-refractivity contribution in [1.82, 2.24) is 0 Å². The molecule has 3 heteroatoms. The van der Waals surface area contributed by atoms with Crippen LogP contribution in [0.2, 0.25) is 0 Å². The molecule has 0 aromatic rings. The highest BCUT2D eigenvalue weighted by molar-refractivity contribution is 5.81. The standard InChI is InChI=1S/C10H19NO2/c1-8-9(2)11(5-3-7-12)6-4-10(8)13/h8-9,12H,3-7H2,1-2H3/p+1/t8-,9-/m0/s1. The van der Waals surface area contributed by atoms with Crippen molar-refractivity contribution in [2.24, 2.45) is 5.92 Å². The van der Waals surface area contributed by atoms with Gasteiger partial charge in [-0.15, -0.1) is 0 Å². The van der Waals surface area contributed by atoms with Crippen molar-refractivity contribution in [3.63, 3.8) is 0 Å². The van der Waals surface area contributed by atoms with E-state index in [0.29, 0.717) is 18.2 Å². The average Bonchev–Trinajstić information content (AvgIpc) is 2.13. The van der Waals surface area contributed by atoms with Crippen LogP contribution in [0.15, 0.2) is 0 Å². The molecule has 0 aliphatic carbocycles. The Balaban J connectivity index is 2.44. The zero-order valence-corrected chi connectivity index (χ0v) is 8.55. The maximum atomic E-state index is 11.4. The number of hydrogen-bond donors (Lipinski definition) is 2. The first kappa shape index (κ1) is 10.7. The van der Waals surface area contributed by atoms with Gasteiger partial charge in [0.1, 0.15) is 5.78 Å². The Bertz CT molecular complexity index is 182. The van der Waals surface area contributed by atoms with Crippen LogP contribution in [0.4, 0.5) is 0 Å². The zero-order valence-electron chi connectivity index (χ0n) is 8.55. The molecule has 3 atom stereocenters. The summed E-state index contributed by atoms with van der Waals surface area (Å²) in [5.74, 6) is 0.600. The molecule has 0 bridgehead atoms. The Hall–Kier alpha value is -0.410. The lowest BCUT2D eigenvalue weighted by molar-refractivity contribution is -0.928. The highest BCUT2D eigenvalue weighted by atomic mass is 16.3. The Morgan fingerprint density at radius 2 is 2.23 bits per heavy atom. The minimum Gasteiger partial charge on any atom is -0.396 e. The summed E-state index contributed by atoms with van der Waals surface area (Å²) in [6, 6.07) is 0.424. The van der Waals surface area contributed by atoms with E-state index < -0.39 is 0 Å². The fourth-order valence-corrected chi connectivity index (χ4v) is 2.03. The Morgan fingerprint density at radius 1 is 1.54 bits per heavy atom. The number of Topliss-reactive ketones (excluding diaryl/α,β-unsaturated/α-hetero) is 1. The first-order valence-electron chi connectivity index (χ1n) is 5.15. The number of quaternary nitrogens is 1. The van der Waals surface area contributed by atoms with E-state index in [0.717, 1.165) is 19.5 Å². The first-order chi connectivity index (χ1) is 6.16. The molecule has 1 rings (SSSR count). The SMILES string of the molecule is C[C@@H]1C(=O)CC[NH+](CCCO)[C@H]1C. The van der Waals surface area contributed by atoms with Crippen molar-refractivity contribution in [2.75, 3.05) is 19.7 Å². The van der Waals surface area contributed by atoms with E-state index in [1.54, 1.807) is 0 Å². The van der Waals surface area contributed by atoms with Gasteiger partial charge in [0.25, 0.3) is 0 Å². The van der Waals surface area contributed by atoms with Gasteiger partial charge >= 0.3 is 0 Å². The van der Waals surface area contributed by atoms with Crippen LogP contribution in [0.5, 0.6) is 0 Å². The van der Waals surface area contributed by atoms with E-state index in [4.69, 9.17) is 5.11 Å². The summed E-state index contributed by atoms with van der Waals surface area (Å²) in [6.45, 7) is 6.36. The largest absolute Gasteiger partial charge is 0.396 e. The van der Waals surface area contributed by atoms with Gasteiger partial charge in [-0.3, -0.25) is 4.79 Å². The second kappa shape index (κ2) is 4.72. The number of aliphatic hydroxyl groups is 1. The second-order valence-electron chi connectivity index (χ2n) is 4.03. The molecule has 1 aliphatic heterocycles. The smallest absolute Gasteiger partial charge is 0.147 e. The van der Waals surface area contributed by atoms with Gasteiger partial charge in [-0.2, -0.15) is 0 Å². The lowest BCUT2D eigenvalue weighted by atomic mass is 9.90. The number of rotatable bonds is 3. The van der Waals surface area contributed by atoms with Gasteiger partial charge in [0.05, 0.1) is 31.5 Å². The molecule has 1 saturated heterocycles. The number of carbonyl (C=O) groups is 1. The van der Waals surface area contributed by atoms with Gasteiger partial charge in [-0.05, 0) is 13.8 Å². The van der Waals surface area contributed by atoms with Crippen molar-refractivity contribution < 1.29 is 14.8 Å². The summed E-state index contributed by atoms with van der Waals surface area (Å²) in [6.07, 6.45) is 1.56.